The Balaban J connectivity index is 2.26. The number of rotatable bonds is 5. The minimum atomic E-state index is -0.928. The number of aliphatic carboxylic acids is 1. The standard InChI is InChI=1S/C12H21N3O7/c1-12(2,3)22-11(18)20-8-21-13-15(19)14-6-4-9(5-7-14)10(16)17/h9H,4-8H2,1-3H3,(H,16,17)/b15-13+. The van der Waals surface area contributed by atoms with Gasteiger partial charge in [0.1, 0.15) is 5.60 Å². The van der Waals surface area contributed by atoms with Gasteiger partial charge < -0.3 is 24.6 Å². The fourth-order valence-corrected chi connectivity index (χ4v) is 1.76. The molecule has 22 heavy (non-hydrogen) atoms. The van der Waals surface area contributed by atoms with Crippen molar-refractivity contribution in [2.24, 2.45) is 11.2 Å². The van der Waals surface area contributed by atoms with E-state index < -0.39 is 30.4 Å². The highest BCUT2D eigenvalue weighted by atomic mass is 16.8. The van der Waals surface area contributed by atoms with Crippen molar-refractivity contribution in [2.75, 3.05) is 19.9 Å². The molecule has 1 heterocycles. The number of nitrogens with zero attached hydrogens (tertiary/aromatic N) is 3. The molecule has 0 unspecified atom stereocenters. The molecule has 0 saturated carbocycles. The van der Waals surface area contributed by atoms with Crippen LogP contribution in [0.5, 0.6) is 0 Å². The predicted octanol–water partition coefficient (Wildman–Crippen LogP) is 1.50. The number of carbonyl (C=O) groups excluding carboxylic acids is 1. The molecule has 1 saturated heterocycles. The highest BCUT2D eigenvalue weighted by Crippen LogP contribution is 2.17. The molecular weight excluding hydrogens is 298 g/mol. The van der Waals surface area contributed by atoms with Gasteiger partial charge in [0.25, 0.3) is 6.79 Å². The second kappa shape index (κ2) is 7.66. The van der Waals surface area contributed by atoms with E-state index in [1.54, 1.807) is 20.8 Å². The van der Waals surface area contributed by atoms with Gasteiger partial charge in [-0.1, -0.05) is 0 Å². The SMILES string of the molecule is CC(C)(C)OC(=O)OCO/N=[N+](/[O-])N1CCC(C(=O)O)CC1. The Morgan fingerprint density at radius 1 is 1.36 bits per heavy atom. The molecular formula is C12H21N3O7. The monoisotopic (exact) mass is 319 g/mol. The first-order valence-corrected chi connectivity index (χ1v) is 6.82. The molecule has 0 bridgehead atoms. The lowest BCUT2D eigenvalue weighted by molar-refractivity contribution is -0.713. The zero-order chi connectivity index (χ0) is 16.8. The first-order chi connectivity index (χ1) is 10.2. The van der Waals surface area contributed by atoms with Gasteiger partial charge in [-0.3, -0.25) is 4.79 Å². The van der Waals surface area contributed by atoms with Gasteiger partial charge >= 0.3 is 12.1 Å². The zero-order valence-electron chi connectivity index (χ0n) is 12.9. The Labute approximate surface area is 127 Å². The van der Waals surface area contributed by atoms with Crippen molar-refractivity contribution in [1.29, 1.82) is 0 Å². The molecule has 126 valence electrons. The normalized spacial score (nSPS) is 17.0. The second-order valence-electron chi connectivity index (χ2n) is 5.76. The van der Waals surface area contributed by atoms with Crippen molar-refractivity contribution in [3.63, 3.8) is 0 Å². The van der Waals surface area contributed by atoms with Crippen molar-refractivity contribution in [3.05, 3.63) is 5.21 Å². The van der Waals surface area contributed by atoms with E-state index in [1.807, 2.05) is 0 Å². The Morgan fingerprint density at radius 2 is 1.95 bits per heavy atom. The summed E-state index contributed by atoms with van der Waals surface area (Å²) in [6.07, 6.45) is -0.210. The van der Waals surface area contributed by atoms with E-state index >= 15 is 0 Å². The first kappa shape index (κ1) is 17.8. The van der Waals surface area contributed by atoms with E-state index in [9.17, 15) is 14.8 Å². The highest BCUT2D eigenvalue weighted by molar-refractivity contribution is 5.70. The Kier molecular flexibility index (Phi) is 6.20. The summed E-state index contributed by atoms with van der Waals surface area (Å²) in [6.45, 7) is 5.01. The maximum absolute atomic E-state index is 11.6. The topological polar surface area (TPSA) is 124 Å². The van der Waals surface area contributed by atoms with Crippen LogP contribution in [0.2, 0.25) is 0 Å². The maximum Gasteiger partial charge on any atom is 0.511 e. The van der Waals surface area contributed by atoms with Crippen molar-refractivity contribution in [2.45, 2.75) is 39.2 Å². The van der Waals surface area contributed by atoms with E-state index in [-0.39, 0.29) is 18.1 Å². The van der Waals surface area contributed by atoms with Gasteiger partial charge in [0.2, 0.25) is 5.28 Å². The molecule has 0 aromatic rings. The van der Waals surface area contributed by atoms with E-state index in [1.165, 1.54) is 5.01 Å². The fourth-order valence-electron chi connectivity index (χ4n) is 1.76. The van der Waals surface area contributed by atoms with E-state index in [0.29, 0.717) is 12.8 Å². The summed E-state index contributed by atoms with van der Waals surface area (Å²) in [7, 11) is 0. The lowest BCUT2D eigenvalue weighted by Crippen LogP contribution is -2.40. The molecule has 0 aromatic heterocycles. The lowest BCUT2D eigenvalue weighted by atomic mass is 9.98. The maximum atomic E-state index is 11.6. The molecule has 0 aliphatic carbocycles. The van der Waals surface area contributed by atoms with Gasteiger partial charge in [0.15, 0.2) is 0 Å². The van der Waals surface area contributed by atoms with E-state index in [4.69, 9.17) is 9.84 Å². The number of ether oxygens (including phenoxy) is 2. The fraction of sp³-hybridized carbons (Fsp3) is 0.833. The molecule has 1 rings (SSSR count). The van der Waals surface area contributed by atoms with Gasteiger partial charge in [0, 0.05) is 0 Å². The van der Waals surface area contributed by atoms with Crippen LogP contribution < -0.4 is 0 Å². The third kappa shape index (κ3) is 6.46. The average molecular weight is 319 g/mol. The Hall–Kier alpha value is -2.26. The number of carbonyl (C=O) groups is 2. The van der Waals surface area contributed by atoms with Crippen molar-refractivity contribution in [3.8, 4) is 0 Å². The van der Waals surface area contributed by atoms with Crippen LogP contribution in [0.25, 0.3) is 0 Å². The first-order valence-electron chi connectivity index (χ1n) is 6.82. The second-order valence-corrected chi connectivity index (χ2v) is 5.76. The Bertz CT molecular complexity index is 425. The van der Waals surface area contributed by atoms with E-state index in [2.05, 4.69) is 14.9 Å². The third-order valence-electron chi connectivity index (χ3n) is 2.81. The summed E-state index contributed by atoms with van der Waals surface area (Å²) in [6, 6.07) is 0. The van der Waals surface area contributed by atoms with Gasteiger partial charge in [0.05, 0.1) is 24.0 Å². The summed E-state index contributed by atoms with van der Waals surface area (Å²) in [5.41, 5.74) is -0.687. The van der Waals surface area contributed by atoms with Crippen LogP contribution in [0, 0.1) is 11.1 Å². The molecule has 1 aliphatic rings. The molecule has 1 aliphatic heterocycles. The Morgan fingerprint density at radius 3 is 2.45 bits per heavy atom. The average Bonchev–Trinajstić information content (AvgIpc) is 2.41. The van der Waals surface area contributed by atoms with Gasteiger partial charge in [-0.15, -0.1) is 5.01 Å². The molecule has 10 nitrogen and oxygen atoms in total. The number of carboxylic acid groups (broad SMARTS) is 1. The number of piperidine rings is 1. The lowest BCUT2D eigenvalue weighted by Gasteiger charge is -2.25. The smallest absolute Gasteiger partial charge is 0.511 e. The van der Waals surface area contributed by atoms with Crippen LogP contribution in [-0.2, 0) is 19.1 Å². The van der Waals surface area contributed by atoms with Crippen LogP contribution in [0.15, 0.2) is 5.28 Å². The number of hydrogen-bond donors (Lipinski definition) is 1. The quantitative estimate of drug-likeness (QED) is 0.202. The van der Waals surface area contributed by atoms with Gasteiger partial charge in [-0.25, -0.2) is 4.79 Å². The van der Waals surface area contributed by atoms with Crippen molar-refractivity contribution >= 4 is 12.1 Å². The number of carboxylic acids is 1. The van der Waals surface area contributed by atoms with Crippen molar-refractivity contribution < 1.29 is 34.0 Å². The molecule has 0 spiro atoms. The largest absolute Gasteiger partial charge is 0.569 e. The van der Waals surface area contributed by atoms with E-state index in [0.717, 1.165) is 0 Å². The number of hydrogen-bond acceptors (Lipinski definition) is 7. The predicted molar refractivity (Wildman–Crippen MR) is 71.3 cm³/mol. The molecule has 0 radical (unpaired) electrons. The molecule has 1 N–H and O–H groups in total. The van der Waals surface area contributed by atoms with Crippen LogP contribution in [0.4, 0.5) is 4.79 Å². The summed E-state index contributed by atoms with van der Waals surface area (Å²) in [5.74, 6) is -1.31. The van der Waals surface area contributed by atoms with Crippen LogP contribution in [0.3, 0.4) is 0 Å². The van der Waals surface area contributed by atoms with Crippen LogP contribution >= 0.6 is 0 Å². The summed E-state index contributed by atoms with van der Waals surface area (Å²) < 4.78 is 9.42. The minimum Gasteiger partial charge on any atom is -0.569 e. The summed E-state index contributed by atoms with van der Waals surface area (Å²) in [4.78, 5) is 26.8. The molecule has 10 heteroatoms. The summed E-state index contributed by atoms with van der Waals surface area (Å²) in [5, 5.41) is 24.9. The highest BCUT2D eigenvalue weighted by Gasteiger charge is 2.28. The molecule has 0 amide bonds. The number of hydrazine groups is 1. The molecule has 1 fully saturated rings. The third-order valence-corrected chi connectivity index (χ3v) is 2.81. The van der Waals surface area contributed by atoms with Gasteiger partial charge in [-0.2, -0.15) is 0 Å². The van der Waals surface area contributed by atoms with Gasteiger partial charge in [-0.05, 0) is 33.6 Å². The molecule has 0 atom stereocenters. The van der Waals surface area contributed by atoms with Crippen molar-refractivity contribution in [1.82, 2.24) is 5.01 Å². The van der Waals surface area contributed by atoms with Crippen LogP contribution in [-0.4, -0.2) is 52.7 Å². The minimum absolute atomic E-state index is 0.219. The van der Waals surface area contributed by atoms with Crippen LogP contribution in [0.1, 0.15) is 33.6 Å². The zero-order valence-corrected chi connectivity index (χ0v) is 12.9. The summed E-state index contributed by atoms with van der Waals surface area (Å²) >= 11 is 0. The molecule has 0 aromatic carbocycles.